The molecule has 1 atom stereocenters. The molecule has 0 amide bonds. The lowest BCUT2D eigenvalue weighted by atomic mass is 9.97. The number of esters is 1. The molecule has 1 aliphatic rings. The van der Waals surface area contributed by atoms with Crippen molar-refractivity contribution in [3.05, 3.63) is 0 Å². The van der Waals surface area contributed by atoms with E-state index in [0.717, 1.165) is 12.8 Å². The van der Waals surface area contributed by atoms with Crippen LogP contribution in [0, 0.1) is 5.92 Å². The number of hydrogen-bond donors (Lipinski definition) is 1. The highest BCUT2D eigenvalue weighted by Crippen LogP contribution is 2.38. The van der Waals surface area contributed by atoms with Crippen LogP contribution in [-0.4, -0.2) is 32.4 Å². The predicted octanol–water partition coefficient (Wildman–Crippen LogP) is 0.235. The molecule has 0 aliphatic heterocycles. The smallest absolute Gasteiger partial charge is 0.342 e. The van der Waals surface area contributed by atoms with Crippen LogP contribution in [0.1, 0.15) is 19.3 Å². The summed E-state index contributed by atoms with van der Waals surface area (Å²) in [5, 5.41) is 0. The van der Waals surface area contributed by atoms with Crippen molar-refractivity contribution >= 4 is 5.97 Å². The minimum absolute atomic E-state index is 0.132. The molecule has 5 nitrogen and oxygen atoms in total. The molecule has 0 saturated heterocycles. The van der Waals surface area contributed by atoms with Gasteiger partial charge in [0.05, 0.1) is 13.7 Å². The monoisotopic (exact) mass is 203 g/mol. The van der Waals surface area contributed by atoms with E-state index in [0.29, 0.717) is 12.3 Å². The van der Waals surface area contributed by atoms with Crippen molar-refractivity contribution in [3.63, 3.8) is 0 Å². The van der Waals surface area contributed by atoms with E-state index in [4.69, 9.17) is 15.5 Å². The van der Waals surface area contributed by atoms with Gasteiger partial charge in [0.2, 0.25) is 5.60 Å². The highest BCUT2D eigenvalue weighted by molar-refractivity contribution is 5.79. The number of carbonyl (C=O) groups is 1. The van der Waals surface area contributed by atoms with Gasteiger partial charge in [0.25, 0.3) is 0 Å². The molecule has 0 aromatic carbocycles. The molecular weight excluding hydrogens is 186 g/mol. The molecule has 5 heteroatoms. The molecule has 1 aliphatic carbocycles. The molecule has 0 aromatic rings. The Morgan fingerprint density at radius 2 is 2.14 bits per heavy atom. The molecule has 14 heavy (non-hydrogen) atoms. The van der Waals surface area contributed by atoms with E-state index in [-0.39, 0.29) is 6.61 Å². The van der Waals surface area contributed by atoms with Gasteiger partial charge in [-0.05, 0) is 12.3 Å². The van der Waals surface area contributed by atoms with E-state index in [1.54, 1.807) is 0 Å². The molecule has 82 valence electrons. The molecule has 1 rings (SSSR count). The van der Waals surface area contributed by atoms with Crippen LogP contribution in [0.4, 0.5) is 0 Å². The summed E-state index contributed by atoms with van der Waals surface area (Å²) < 4.78 is 9.61. The summed E-state index contributed by atoms with van der Waals surface area (Å²) in [6, 6.07) is 0. The normalized spacial score (nSPS) is 20.2. The fraction of sp³-hybridized carbons (Fsp3) is 0.889. The van der Waals surface area contributed by atoms with Gasteiger partial charge in [-0.2, -0.15) is 0 Å². The van der Waals surface area contributed by atoms with Crippen molar-refractivity contribution in [2.45, 2.75) is 24.9 Å². The number of rotatable bonds is 6. The summed E-state index contributed by atoms with van der Waals surface area (Å²) in [4.78, 5) is 16.3. The van der Waals surface area contributed by atoms with E-state index >= 15 is 0 Å². The van der Waals surface area contributed by atoms with Crippen molar-refractivity contribution in [1.82, 2.24) is 0 Å². The zero-order chi connectivity index (χ0) is 10.6. The zero-order valence-corrected chi connectivity index (χ0v) is 8.62. The van der Waals surface area contributed by atoms with E-state index in [2.05, 4.69) is 4.74 Å². The Kier molecular flexibility index (Phi) is 3.86. The summed E-state index contributed by atoms with van der Waals surface area (Å²) in [6.45, 7) is 0.132. The van der Waals surface area contributed by atoms with Crippen LogP contribution in [0.5, 0.6) is 0 Å². The van der Waals surface area contributed by atoms with Gasteiger partial charge < -0.3 is 9.47 Å². The summed E-state index contributed by atoms with van der Waals surface area (Å²) in [6.07, 6.45) is 2.81. The molecule has 0 bridgehead atoms. The van der Waals surface area contributed by atoms with Crippen LogP contribution < -0.4 is 5.90 Å². The van der Waals surface area contributed by atoms with Crippen LogP contribution in [0.25, 0.3) is 0 Å². The standard InChI is InChI=1S/C9H17NO4/c1-12-6-9(14-10,8(11)13-2)5-7-3-4-7/h7H,3-6,10H2,1-2H3. The van der Waals surface area contributed by atoms with Crippen LogP contribution in [0.15, 0.2) is 0 Å². The van der Waals surface area contributed by atoms with Crippen molar-refractivity contribution < 1.29 is 19.1 Å². The third-order valence-corrected chi connectivity index (χ3v) is 2.48. The lowest BCUT2D eigenvalue weighted by Gasteiger charge is -2.27. The van der Waals surface area contributed by atoms with Gasteiger partial charge >= 0.3 is 5.97 Å². The highest BCUT2D eigenvalue weighted by atomic mass is 16.7. The first-order valence-electron chi connectivity index (χ1n) is 4.64. The number of nitrogens with two attached hydrogens (primary N) is 1. The average molecular weight is 203 g/mol. The summed E-state index contributed by atoms with van der Waals surface area (Å²) >= 11 is 0. The summed E-state index contributed by atoms with van der Waals surface area (Å²) in [5.74, 6) is 5.21. The molecule has 0 heterocycles. The number of ether oxygens (including phenoxy) is 2. The first-order chi connectivity index (χ1) is 6.68. The van der Waals surface area contributed by atoms with Gasteiger partial charge in [0, 0.05) is 7.11 Å². The van der Waals surface area contributed by atoms with Crippen LogP contribution in [0.3, 0.4) is 0 Å². The number of carbonyl (C=O) groups excluding carboxylic acids is 1. The summed E-state index contributed by atoms with van der Waals surface area (Å²) in [7, 11) is 2.82. The topological polar surface area (TPSA) is 70.8 Å². The van der Waals surface area contributed by atoms with Gasteiger partial charge in [0.15, 0.2) is 0 Å². The Hall–Kier alpha value is -0.650. The third kappa shape index (κ3) is 2.43. The minimum atomic E-state index is -1.12. The third-order valence-electron chi connectivity index (χ3n) is 2.48. The van der Waals surface area contributed by atoms with Gasteiger partial charge in [-0.25, -0.2) is 10.7 Å². The van der Waals surface area contributed by atoms with Crippen molar-refractivity contribution in [3.8, 4) is 0 Å². The van der Waals surface area contributed by atoms with Gasteiger partial charge in [-0.1, -0.05) is 12.8 Å². The van der Waals surface area contributed by atoms with E-state index < -0.39 is 11.6 Å². The van der Waals surface area contributed by atoms with E-state index in [9.17, 15) is 4.79 Å². The zero-order valence-electron chi connectivity index (χ0n) is 8.62. The first-order valence-corrected chi connectivity index (χ1v) is 4.64. The maximum atomic E-state index is 11.5. The summed E-state index contributed by atoms with van der Waals surface area (Å²) in [5.41, 5.74) is -1.12. The molecule has 1 saturated carbocycles. The minimum Gasteiger partial charge on any atom is -0.467 e. The SMILES string of the molecule is COCC(CC1CC1)(ON)C(=O)OC. The Bertz CT molecular complexity index is 205. The van der Waals surface area contributed by atoms with Crippen molar-refractivity contribution in [1.29, 1.82) is 0 Å². The van der Waals surface area contributed by atoms with Crippen molar-refractivity contribution in [2.24, 2.45) is 11.8 Å². The van der Waals surface area contributed by atoms with Crippen LogP contribution in [-0.2, 0) is 19.1 Å². The molecular formula is C9H17NO4. The quantitative estimate of drug-likeness (QED) is 0.494. The van der Waals surface area contributed by atoms with E-state index in [1.165, 1.54) is 14.2 Å². The fourth-order valence-corrected chi connectivity index (χ4v) is 1.54. The number of hydrogen-bond acceptors (Lipinski definition) is 5. The molecule has 1 fully saturated rings. The molecule has 1 unspecified atom stereocenters. The second kappa shape index (κ2) is 4.72. The molecule has 2 N–H and O–H groups in total. The maximum Gasteiger partial charge on any atom is 0.342 e. The van der Waals surface area contributed by atoms with Gasteiger partial charge in [0.1, 0.15) is 0 Å². The first kappa shape index (κ1) is 11.4. The van der Waals surface area contributed by atoms with Crippen LogP contribution >= 0.6 is 0 Å². The van der Waals surface area contributed by atoms with Gasteiger partial charge in [-0.3, -0.25) is 4.84 Å². The Morgan fingerprint density at radius 1 is 1.50 bits per heavy atom. The highest BCUT2D eigenvalue weighted by Gasteiger charge is 2.45. The van der Waals surface area contributed by atoms with Crippen LogP contribution in [0.2, 0.25) is 0 Å². The lowest BCUT2D eigenvalue weighted by Crippen LogP contribution is -2.49. The predicted molar refractivity (Wildman–Crippen MR) is 49.2 cm³/mol. The Morgan fingerprint density at radius 3 is 2.50 bits per heavy atom. The number of methoxy groups -OCH3 is 2. The molecule has 0 spiro atoms. The Labute approximate surface area is 83.4 Å². The van der Waals surface area contributed by atoms with E-state index in [1.807, 2.05) is 0 Å². The lowest BCUT2D eigenvalue weighted by molar-refractivity contribution is -0.180. The second-order valence-electron chi connectivity index (χ2n) is 3.68. The molecule has 0 aromatic heterocycles. The van der Waals surface area contributed by atoms with Gasteiger partial charge in [-0.15, -0.1) is 0 Å². The maximum absolute atomic E-state index is 11.5. The fourth-order valence-electron chi connectivity index (χ4n) is 1.54. The second-order valence-corrected chi connectivity index (χ2v) is 3.68. The Balaban J connectivity index is 2.66. The largest absolute Gasteiger partial charge is 0.467 e. The molecule has 0 radical (unpaired) electrons. The van der Waals surface area contributed by atoms with Crippen molar-refractivity contribution in [2.75, 3.05) is 20.8 Å². The average Bonchev–Trinajstić information content (AvgIpc) is 2.99.